The van der Waals surface area contributed by atoms with E-state index in [0.29, 0.717) is 19.6 Å². The van der Waals surface area contributed by atoms with E-state index >= 15 is 0 Å². The van der Waals surface area contributed by atoms with Crippen molar-refractivity contribution in [3.63, 3.8) is 0 Å². The molecule has 1 heterocycles. The summed E-state index contributed by atoms with van der Waals surface area (Å²) in [4.78, 5) is 23.9. The Labute approximate surface area is 126 Å². The number of carbonyl (C=O) groups excluding carboxylic acids is 1. The Morgan fingerprint density at radius 1 is 1.38 bits per heavy atom. The number of amides is 1. The number of nitro benzene ring substituents is 1. The zero-order valence-corrected chi connectivity index (χ0v) is 12.0. The first-order chi connectivity index (χ1) is 9.50. The first-order valence-corrected chi connectivity index (χ1v) is 6.24. The van der Waals surface area contributed by atoms with Crippen molar-refractivity contribution in [2.75, 3.05) is 31.9 Å². The van der Waals surface area contributed by atoms with Gasteiger partial charge in [-0.3, -0.25) is 14.9 Å². The van der Waals surface area contributed by atoms with Crippen molar-refractivity contribution in [3.05, 3.63) is 33.6 Å². The third-order valence-corrected chi connectivity index (χ3v) is 3.18. The van der Waals surface area contributed by atoms with Gasteiger partial charge in [-0.25, -0.2) is 4.39 Å². The summed E-state index contributed by atoms with van der Waals surface area (Å²) in [7, 11) is 0. The second kappa shape index (κ2) is 7.19. The van der Waals surface area contributed by atoms with E-state index in [-0.39, 0.29) is 23.7 Å². The molecule has 9 heteroatoms. The van der Waals surface area contributed by atoms with Gasteiger partial charge in [0, 0.05) is 19.6 Å². The maximum Gasteiger partial charge on any atom is 0.295 e. The van der Waals surface area contributed by atoms with Gasteiger partial charge in [0.25, 0.3) is 11.6 Å². The number of nitrogens with zero attached hydrogens (tertiary/aromatic N) is 2. The minimum absolute atomic E-state index is 0. The van der Waals surface area contributed by atoms with Gasteiger partial charge in [-0.15, -0.1) is 12.4 Å². The molecule has 2 rings (SSSR count). The van der Waals surface area contributed by atoms with Crippen molar-refractivity contribution < 1.29 is 14.1 Å². The number of hydrogen-bond donors (Lipinski definition) is 2. The van der Waals surface area contributed by atoms with Gasteiger partial charge in [-0.05, 0) is 19.0 Å². The van der Waals surface area contributed by atoms with Gasteiger partial charge < -0.3 is 16.0 Å². The number of carbonyl (C=O) groups is 1. The van der Waals surface area contributed by atoms with Crippen molar-refractivity contribution in [3.8, 4) is 0 Å². The van der Waals surface area contributed by atoms with Crippen molar-refractivity contribution in [1.29, 1.82) is 0 Å². The lowest BCUT2D eigenvalue weighted by Crippen LogP contribution is -2.34. The Kier molecular flexibility index (Phi) is 5.86. The van der Waals surface area contributed by atoms with E-state index in [1.807, 2.05) is 0 Å². The molecule has 1 aromatic rings. The number of anilines is 1. The molecule has 0 unspecified atom stereocenters. The average Bonchev–Trinajstić information content (AvgIpc) is 2.68. The highest BCUT2D eigenvalue weighted by atomic mass is 35.5. The standard InChI is InChI=1S/C12H15FN4O3.ClH/c13-8-6-9(11(14)10(7-8)17(19)20)12(18)16-4-1-2-15-3-5-16;/h6-7,15H,1-5,14H2;1H. The Balaban J connectivity index is 0.00000220. The molecule has 1 fully saturated rings. The third-order valence-electron chi connectivity index (χ3n) is 3.18. The van der Waals surface area contributed by atoms with Crippen LogP contribution in [0, 0.1) is 15.9 Å². The molecule has 0 spiro atoms. The molecule has 0 saturated carbocycles. The molecule has 0 atom stereocenters. The van der Waals surface area contributed by atoms with Crippen molar-refractivity contribution in [2.45, 2.75) is 6.42 Å². The third kappa shape index (κ3) is 3.79. The lowest BCUT2D eigenvalue weighted by Gasteiger charge is -2.20. The first kappa shape index (κ1) is 17.1. The van der Waals surface area contributed by atoms with Gasteiger partial charge in [0.15, 0.2) is 0 Å². The number of benzene rings is 1. The maximum atomic E-state index is 13.4. The van der Waals surface area contributed by atoms with Crippen molar-refractivity contribution in [2.24, 2.45) is 0 Å². The number of hydrogen-bond acceptors (Lipinski definition) is 5. The minimum atomic E-state index is -0.845. The molecule has 1 aromatic carbocycles. The number of nitrogens with two attached hydrogens (primary N) is 1. The SMILES string of the molecule is Cl.Nc1c(C(=O)N2CCCNCC2)cc(F)cc1[N+](=O)[O-]. The molecule has 0 bridgehead atoms. The Morgan fingerprint density at radius 3 is 2.76 bits per heavy atom. The largest absolute Gasteiger partial charge is 0.393 e. The van der Waals surface area contributed by atoms with Gasteiger partial charge >= 0.3 is 0 Å². The molecule has 1 aliphatic rings. The maximum absolute atomic E-state index is 13.4. The second-order valence-corrected chi connectivity index (χ2v) is 4.54. The van der Waals surface area contributed by atoms with Gasteiger partial charge in [0.1, 0.15) is 11.5 Å². The summed E-state index contributed by atoms with van der Waals surface area (Å²) in [5.41, 5.74) is 4.60. The summed E-state index contributed by atoms with van der Waals surface area (Å²) in [6.07, 6.45) is 0.767. The number of nitrogen functional groups attached to an aromatic ring is 1. The smallest absolute Gasteiger partial charge is 0.295 e. The highest BCUT2D eigenvalue weighted by molar-refractivity contribution is 6.01. The van der Waals surface area contributed by atoms with E-state index < -0.39 is 22.3 Å². The molecule has 7 nitrogen and oxygen atoms in total. The fourth-order valence-electron chi connectivity index (χ4n) is 2.15. The van der Waals surface area contributed by atoms with Crippen molar-refractivity contribution in [1.82, 2.24) is 10.2 Å². The minimum Gasteiger partial charge on any atom is -0.393 e. The van der Waals surface area contributed by atoms with Crippen LogP contribution in [0.4, 0.5) is 15.8 Å². The van der Waals surface area contributed by atoms with Crippen LogP contribution in [0.5, 0.6) is 0 Å². The van der Waals surface area contributed by atoms with Crippen LogP contribution in [-0.2, 0) is 0 Å². The van der Waals surface area contributed by atoms with Gasteiger partial charge in [0.2, 0.25) is 0 Å². The zero-order chi connectivity index (χ0) is 14.7. The molecule has 0 aliphatic carbocycles. The Morgan fingerprint density at radius 2 is 2.10 bits per heavy atom. The van der Waals surface area contributed by atoms with Gasteiger partial charge in [0.05, 0.1) is 16.6 Å². The molecular weight excluding hydrogens is 303 g/mol. The predicted octanol–water partition coefficient (Wildman–Crippen LogP) is 1.17. The molecule has 1 aliphatic heterocycles. The summed E-state index contributed by atoms with van der Waals surface area (Å²) in [5, 5.41) is 13.9. The van der Waals surface area contributed by atoms with Gasteiger partial charge in [-0.1, -0.05) is 0 Å². The fourth-order valence-corrected chi connectivity index (χ4v) is 2.15. The predicted molar refractivity (Wildman–Crippen MR) is 78.1 cm³/mol. The molecule has 0 aromatic heterocycles. The summed E-state index contributed by atoms with van der Waals surface area (Å²) in [5.74, 6) is -1.32. The van der Waals surface area contributed by atoms with Crippen LogP contribution in [0.2, 0.25) is 0 Å². The Bertz CT molecular complexity index is 548. The van der Waals surface area contributed by atoms with E-state index in [1.165, 1.54) is 4.90 Å². The number of nitrogens with one attached hydrogen (secondary N) is 1. The molecule has 1 saturated heterocycles. The quantitative estimate of drug-likeness (QED) is 0.484. The number of halogens is 2. The lowest BCUT2D eigenvalue weighted by atomic mass is 10.1. The molecule has 0 radical (unpaired) electrons. The van der Waals surface area contributed by atoms with Crippen LogP contribution < -0.4 is 11.1 Å². The molecular formula is C12H16ClFN4O3. The summed E-state index contributed by atoms with van der Waals surface area (Å²) in [6, 6.07) is 1.67. The molecule has 3 N–H and O–H groups in total. The van der Waals surface area contributed by atoms with Gasteiger partial charge in [-0.2, -0.15) is 0 Å². The highest BCUT2D eigenvalue weighted by Gasteiger charge is 2.25. The summed E-state index contributed by atoms with van der Waals surface area (Å²) >= 11 is 0. The van der Waals surface area contributed by atoms with Crippen LogP contribution in [0.1, 0.15) is 16.8 Å². The van der Waals surface area contributed by atoms with Crippen LogP contribution in [0.15, 0.2) is 12.1 Å². The fraction of sp³-hybridized carbons (Fsp3) is 0.417. The zero-order valence-electron chi connectivity index (χ0n) is 11.2. The monoisotopic (exact) mass is 318 g/mol. The second-order valence-electron chi connectivity index (χ2n) is 4.54. The highest BCUT2D eigenvalue weighted by Crippen LogP contribution is 2.27. The van der Waals surface area contributed by atoms with Crippen LogP contribution in [0.3, 0.4) is 0 Å². The van der Waals surface area contributed by atoms with E-state index in [9.17, 15) is 19.3 Å². The van der Waals surface area contributed by atoms with Crippen LogP contribution in [0.25, 0.3) is 0 Å². The molecule has 21 heavy (non-hydrogen) atoms. The van der Waals surface area contributed by atoms with Crippen molar-refractivity contribution >= 4 is 29.7 Å². The van der Waals surface area contributed by atoms with E-state index in [0.717, 1.165) is 25.1 Å². The van der Waals surface area contributed by atoms with E-state index in [4.69, 9.17) is 5.73 Å². The lowest BCUT2D eigenvalue weighted by molar-refractivity contribution is -0.384. The topological polar surface area (TPSA) is 102 Å². The summed E-state index contributed by atoms with van der Waals surface area (Å²) in [6.45, 7) is 2.39. The van der Waals surface area contributed by atoms with E-state index in [1.54, 1.807) is 0 Å². The number of nitro groups is 1. The first-order valence-electron chi connectivity index (χ1n) is 6.24. The van der Waals surface area contributed by atoms with Crippen LogP contribution >= 0.6 is 12.4 Å². The molecule has 116 valence electrons. The summed E-state index contributed by atoms with van der Waals surface area (Å²) < 4.78 is 13.4. The molecule has 1 amide bonds. The number of rotatable bonds is 2. The Hall–Kier alpha value is -1.93. The average molecular weight is 319 g/mol. The van der Waals surface area contributed by atoms with Crippen LogP contribution in [-0.4, -0.2) is 41.9 Å². The van der Waals surface area contributed by atoms with E-state index in [2.05, 4.69) is 5.32 Å². The normalized spacial score (nSPS) is 15.0.